The molecule has 0 spiro atoms. The van der Waals surface area contributed by atoms with Gasteiger partial charge in [0.15, 0.2) is 5.65 Å². The Balaban J connectivity index is 0.894. The Hall–Kier alpha value is -8.89. The molecule has 0 saturated carbocycles. The van der Waals surface area contributed by atoms with Gasteiger partial charge in [-0.25, -0.2) is 4.98 Å². The predicted molar refractivity (Wildman–Crippen MR) is 303 cm³/mol. The summed E-state index contributed by atoms with van der Waals surface area (Å²) in [6.07, 6.45) is 12.8. The summed E-state index contributed by atoms with van der Waals surface area (Å²) in [6, 6.07) is 68.3. The smallest absolute Gasteiger partial charge is 0.151 e. The van der Waals surface area contributed by atoms with E-state index in [1.807, 2.05) is 25.2 Å². The van der Waals surface area contributed by atoms with E-state index in [0.29, 0.717) is 14.0 Å². The van der Waals surface area contributed by atoms with Crippen LogP contribution in [0.3, 0.4) is 0 Å². The van der Waals surface area contributed by atoms with Gasteiger partial charge in [0.2, 0.25) is 0 Å². The van der Waals surface area contributed by atoms with E-state index in [1.54, 1.807) is 0 Å². The molecule has 5 heterocycles. The fourth-order valence-corrected chi connectivity index (χ4v) is 12.1. The van der Waals surface area contributed by atoms with Crippen LogP contribution < -0.4 is 4.90 Å². The molecule has 71 heavy (non-hydrogen) atoms. The van der Waals surface area contributed by atoms with Crippen molar-refractivity contribution in [2.45, 2.75) is 13.3 Å². The second kappa shape index (κ2) is 17.3. The van der Waals surface area contributed by atoms with E-state index >= 15 is 0 Å². The van der Waals surface area contributed by atoms with Crippen molar-refractivity contribution in [3.8, 4) is 16.8 Å². The van der Waals surface area contributed by atoms with E-state index in [-0.39, 0.29) is 0 Å². The largest absolute Gasteiger partial charge is 0.457 e. The molecular weight excluding hydrogens is 884 g/mol. The molecule has 338 valence electrons. The average Bonchev–Trinajstić information content (AvgIpc) is 4.12. The number of hydrogen-bond acceptors (Lipinski definition) is 3. The number of ether oxygens (including phenoxy) is 1. The van der Waals surface area contributed by atoms with Crippen LogP contribution in [0, 0.1) is 0 Å². The molecule has 0 radical (unpaired) electrons. The summed E-state index contributed by atoms with van der Waals surface area (Å²) < 4.78 is 11.2. The molecule has 8 aromatic carbocycles. The standard InChI is InChI=1S/C65H47N4OP/c1-4-17-59-43(5-2)18-6-7-19-50(42(3)70-59)46-34-40-48(41-35-46)67(58-27-16-29-61-62(58)55-24-12-15-28-60(55)71-61)47-36-30-44(31-37-47)45-32-38-49(39-33-45)68-57-26-14-11-23-54(57)63-65(68)69-56-25-13-10-21-52(56)51-20-8-9-22-53(51)64(69)66-63/h4-17,19-41,71H,2-3,18H2,1H3/b7-6-,17-4-,50-19+,59-43-. The number of anilines is 3. The molecule has 0 amide bonds. The number of fused-ring (bicyclic) bond motifs is 13. The molecule has 6 heteroatoms. The zero-order valence-corrected chi connectivity index (χ0v) is 40.2. The molecule has 1 aliphatic rings. The highest BCUT2D eigenvalue weighted by molar-refractivity contribution is 7.44. The number of rotatable bonds is 8. The van der Waals surface area contributed by atoms with Crippen molar-refractivity contribution in [1.29, 1.82) is 0 Å². The summed E-state index contributed by atoms with van der Waals surface area (Å²) in [5, 5.41) is 10.0. The Labute approximate surface area is 413 Å². The van der Waals surface area contributed by atoms with Crippen LogP contribution in [-0.2, 0) is 4.74 Å². The molecule has 5 nitrogen and oxygen atoms in total. The number of para-hydroxylation sites is 2. The molecule has 0 fully saturated rings. The lowest BCUT2D eigenvalue weighted by atomic mass is 10.0. The number of nitrogens with zero attached hydrogens (tertiary/aromatic N) is 4. The SMILES string of the molecule is C=C/C1=C(\C=C/C)OC(=C)/C(c2ccc(N(c3ccc(-c4ccc(-n5c6ccccc6c6nc7c8ccccc8c8ccccc8n7c65)cc4)cc3)c3cccc4[pH]c5ccccc5c34)cc2)=C\C=C/C1. The highest BCUT2D eigenvalue weighted by Crippen LogP contribution is 2.47. The maximum absolute atomic E-state index is 6.43. The minimum absolute atomic E-state index is 0.586. The van der Waals surface area contributed by atoms with Crippen molar-refractivity contribution >= 4 is 101 Å². The van der Waals surface area contributed by atoms with E-state index < -0.39 is 0 Å². The van der Waals surface area contributed by atoms with Crippen molar-refractivity contribution < 1.29 is 4.74 Å². The summed E-state index contributed by atoms with van der Waals surface area (Å²) in [5.41, 5.74) is 14.9. The molecule has 0 aliphatic carbocycles. The third kappa shape index (κ3) is 6.96. The highest BCUT2D eigenvalue weighted by atomic mass is 31.0. The minimum atomic E-state index is 0.586. The first-order chi connectivity index (χ1) is 35.1. The summed E-state index contributed by atoms with van der Waals surface area (Å²) in [4.78, 5) is 7.80. The Morgan fingerprint density at radius 1 is 0.620 bits per heavy atom. The van der Waals surface area contributed by atoms with Crippen molar-refractivity contribution in [2.75, 3.05) is 4.90 Å². The van der Waals surface area contributed by atoms with Gasteiger partial charge in [0, 0.05) is 49.3 Å². The fraction of sp³-hybridized carbons (Fsp3) is 0.0308. The van der Waals surface area contributed by atoms with Gasteiger partial charge in [-0.1, -0.05) is 177 Å². The number of imidazole rings is 1. The van der Waals surface area contributed by atoms with Gasteiger partial charge in [-0.05, 0) is 112 Å². The van der Waals surface area contributed by atoms with Crippen LogP contribution in [0.2, 0.25) is 0 Å². The number of hydrogen-bond donors (Lipinski definition) is 0. The fourth-order valence-electron chi connectivity index (χ4n) is 10.7. The lowest BCUT2D eigenvalue weighted by Crippen LogP contribution is -2.10. The quantitative estimate of drug-likeness (QED) is 0.142. The maximum Gasteiger partial charge on any atom is 0.151 e. The van der Waals surface area contributed by atoms with Gasteiger partial charge in [-0.2, -0.15) is 0 Å². The van der Waals surface area contributed by atoms with Crippen LogP contribution in [0.5, 0.6) is 0 Å². The Bertz CT molecular complexity index is 4250. The molecule has 0 saturated heterocycles. The first kappa shape index (κ1) is 42.2. The van der Waals surface area contributed by atoms with E-state index in [1.165, 1.54) is 31.8 Å². The number of allylic oxidation sites excluding steroid dienone is 8. The average molecular weight is 931 g/mol. The van der Waals surface area contributed by atoms with Crippen LogP contribution >= 0.6 is 8.19 Å². The zero-order chi connectivity index (χ0) is 47.6. The first-order valence-electron chi connectivity index (χ1n) is 24.1. The maximum atomic E-state index is 6.43. The first-order valence-corrected chi connectivity index (χ1v) is 25.1. The third-order valence-electron chi connectivity index (χ3n) is 14.0. The minimum Gasteiger partial charge on any atom is -0.457 e. The monoisotopic (exact) mass is 930 g/mol. The van der Waals surface area contributed by atoms with Crippen molar-refractivity contribution in [3.05, 3.63) is 260 Å². The highest BCUT2D eigenvalue weighted by Gasteiger charge is 2.23. The predicted octanol–water partition coefficient (Wildman–Crippen LogP) is 18.1. The van der Waals surface area contributed by atoms with Gasteiger partial charge in [0.1, 0.15) is 22.7 Å². The van der Waals surface area contributed by atoms with Crippen LogP contribution in [0.15, 0.2) is 255 Å². The van der Waals surface area contributed by atoms with Crippen molar-refractivity contribution in [2.24, 2.45) is 0 Å². The molecule has 0 N–H and O–H groups in total. The number of pyridine rings is 1. The molecule has 1 atom stereocenters. The van der Waals surface area contributed by atoms with Gasteiger partial charge in [0.05, 0.1) is 16.7 Å². The normalized spacial score (nSPS) is 15.8. The van der Waals surface area contributed by atoms with Crippen LogP contribution in [-0.4, -0.2) is 14.0 Å². The second-order valence-corrected chi connectivity index (χ2v) is 19.4. The van der Waals surface area contributed by atoms with Crippen molar-refractivity contribution in [3.63, 3.8) is 0 Å². The number of benzene rings is 8. The van der Waals surface area contributed by atoms with Gasteiger partial charge < -0.3 is 9.64 Å². The Kier molecular flexibility index (Phi) is 10.3. The van der Waals surface area contributed by atoms with E-state index in [0.717, 1.165) is 101 Å². The summed E-state index contributed by atoms with van der Waals surface area (Å²) in [5.74, 6) is 1.34. The lowest BCUT2D eigenvalue weighted by Gasteiger charge is -2.27. The molecule has 1 unspecified atom stereocenters. The van der Waals surface area contributed by atoms with E-state index in [4.69, 9.17) is 9.72 Å². The van der Waals surface area contributed by atoms with Crippen LogP contribution in [0.25, 0.3) is 92.8 Å². The molecule has 4 aromatic heterocycles. The van der Waals surface area contributed by atoms with Crippen molar-refractivity contribution in [1.82, 2.24) is 14.0 Å². The molecule has 13 rings (SSSR count). The summed E-state index contributed by atoms with van der Waals surface area (Å²) >= 11 is 0. The summed E-state index contributed by atoms with van der Waals surface area (Å²) in [7, 11) is 0.608. The topological polar surface area (TPSA) is 34.7 Å². The third-order valence-corrected chi connectivity index (χ3v) is 15.4. The molecule has 0 bridgehead atoms. The van der Waals surface area contributed by atoms with Crippen LogP contribution in [0.1, 0.15) is 18.9 Å². The summed E-state index contributed by atoms with van der Waals surface area (Å²) in [6.45, 7) is 10.4. The number of aromatic nitrogens is 3. The van der Waals surface area contributed by atoms with Gasteiger partial charge >= 0.3 is 0 Å². The second-order valence-electron chi connectivity index (χ2n) is 18.0. The van der Waals surface area contributed by atoms with Gasteiger partial charge in [-0.3, -0.25) is 8.97 Å². The van der Waals surface area contributed by atoms with Gasteiger partial charge in [-0.15, -0.1) is 8.19 Å². The van der Waals surface area contributed by atoms with E-state index in [9.17, 15) is 0 Å². The Morgan fingerprint density at radius 3 is 1.97 bits per heavy atom. The van der Waals surface area contributed by atoms with Crippen LogP contribution in [0.4, 0.5) is 17.1 Å². The van der Waals surface area contributed by atoms with E-state index in [2.05, 4.69) is 233 Å². The lowest BCUT2D eigenvalue weighted by molar-refractivity contribution is 0.338. The molecule has 1 aliphatic heterocycles. The zero-order valence-electron chi connectivity index (χ0n) is 39.2. The van der Waals surface area contributed by atoms with Gasteiger partial charge in [0.25, 0.3) is 0 Å². The molecular formula is C65H47N4OP. The Morgan fingerprint density at radius 2 is 1.24 bits per heavy atom. The molecule has 12 aromatic rings.